The molecule has 0 aliphatic heterocycles. The Balaban J connectivity index is 1.94. The van der Waals surface area contributed by atoms with Gasteiger partial charge in [0.05, 0.1) is 0 Å². The number of nitrogens with two attached hydrogens (primary N) is 1. The van der Waals surface area contributed by atoms with E-state index in [1.807, 2.05) is 0 Å². The smallest absolute Gasteiger partial charge is 0.0158 e. The van der Waals surface area contributed by atoms with Gasteiger partial charge in [0, 0.05) is 5.54 Å². The molecule has 0 saturated heterocycles. The van der Waals surface area contributed by atoms with Gasteiger partial charge in [-0.15, -0.1) is 0 Å². The molecule has 0 unspecified atom stereocenters. The highest BCUT2D eigenvalue weighted by atomic mass is 14.8. The van der Waals surface area contributed by atoms with Crippen LogP contribution in [0.25, 0.3) is 0 Å². The minimum atomic E-state index is 0.198. The monoisotopic (exact) mass is 175 g/mol. The third-order valence-corrected chi connectivity index (χ3v) is 2.89. The van der Waals surface area contributed by atoms with Gasteiger partial charge >= 0.3 is 0 Å². The van der Waals surface area contributed by atoms with Gasteiger partial charge in [-0.2, -0.15) is 0 Å². The van der Waals surface area contributed by atoms with Crippen molar-refractivity contribution >= 4 is 0 Å². The quantitative estimate of drug-likeness (QED) is 0.750. The molecule has 1 aromatic carbocycles. The number of aryl methyl sites for hydroxylation is 2. The Kier molecular flexibility index (Phi) is 2.12. The molecule has 2 rings (SSSR count). The van der Waals surface area contributed by atoms with E-state index in [9.17, 15) is 0 Å². The van der Waals surface area contributed by atoms with Crippen molar-refractivity contribution in [1.82, 2.24) is 0 Å². The van der Waals surface area contributed by atoms with Crippen LogP contribution >= 0.6 is 0 Å². The first-order valence-electron chi connectivity index (χ1n) is 5.02. The third-order valence-electron chi connectivity index (χ3n) is 2.89. The fourth-order valence-electron chi connectivity index (χ4n) is 1.67. The summed E-state index contributed by atoms with van der Waals surface area (Å²) < 4.78 is 0. The zero-order valence-electron chi connectivity index (χ0n) is 8.22. The molecule has 0 amide bonds. The van der Waals surface area contributed by atoms with Crippen molar-refractivity contribution in [2.75, 3.05) is 0 Å². The van der Waals surface area contributed by atoms with E-state index in [1.165, 1.54) is 24.0 Å². The van der Waals surface area contributed by atoms with E-state index >= 15 is 0 Å². The van der Waals surface area contributed by atoms with Crippen LogP contribution in [0.2, 0.25) is 0 Å². The van der Waals surface area contributed by atoms with Crippen molar-refractivity contribution in [3.8, 4) is 0 Å². The normalized spacial score (nSPS) is 18.6. The Morgan fingerprint density at radius 3 is 2.77 bits per heavy atom. The van der Waals surface area contributed by atoms with Crippen LogP contribution < -0.4 is 5.73 Å². The SMILES string of the molecule is Cc1cccc(CCC2(N)CC2)c1. The molecule has 1 fully saturated rings. The van der Waals surface area contributed by atoms with Crippen molar-refractivity contribution < 1.29 is 0 Å². The van der Waals surface area contributed by atoms with Crippen LogP contribution in [0.15, 0.2) is 24.3 Å². The van der Waals surface area contributed by atoms with E-state index in [0.29, 0.717) is 0 Å². The molecular weight excluding hydrogens is 158 g/mol. The molecule has 1 aliphatic carbocycles. The van der Waals surface area contributed by atoms with Gasteiger partial charge in [0.25, 0.3) is 0 Å². The summed E-state index contributed by atoms with van der Waals surface area (Å²) in [5.41, 5.74) is 9.00. The maximum atomic E-state index is 6.03. The molecule has 70 valence electrons. The Bertz CT molecular complexity index is 300. The summed E-state index contributed by atoms with van der Waals surface area (Å²) in [6.45, 7) is 2.14. The van der Waals surface area contributed by atoms with Crippen molar-refractivity contribution in [3.63, 3.8) is 0 Å². The molecule has 0 heterocycles. The largest absolute Gasteiger partial charge is 0.325 e. The van der Waals surface area contributed by atoms with Crippen molar-refractivity contribution in [2.24, 2.45) is 5.73 Å². The molecule has 1 heteroatoms. The minimum absolute atomic E-state index is 0.198. The van der Waals surface area contributed by atoms with Gasteiger partial charge in [0.1, 0.15) is 0 Å². The van der Waals surface area contributed by atoms with E-state index in [4.69, 9.17) is 5.73 Å². The average Bonchev–Trinajstić information content (AvgIpc) is 2.82. The zero-order chi connectivity index (χ0) is 9.31. The van der Waals surface area contributed by atoms with Gasteiger partial charge in [-0.05, 0) is 38.2 Å². The number of hydrogen-bond acceptors (Lipinski definition) is 1. The lowest BCUT2D eigenvalue weighted by atomic mass is 10.0. The van der Waals surface area contributed by atoms with Crippen molar-refractivity contribution in [1.29, 1.82) is 0 Å². The van der Waals surface area contributed by atoms with Gasteiger partial charge in [0.15, 0.2) is 0 Å². The Hall–Kier alpha value is -0.820. The molecule has 0 bridgehead atoms. The molecule has 0 radical (unpaired) electrons. The topological polar surface area (TPSA) is 26.0 Å². The highest BCUT2D eigenvalue weighted by molar-refractivity contribution is 5.22. The first kappa shape index (κ1) is 8.76. The highest BCUT2D eigenvalue weighted by Crippen LogP contribution is 2.36. The molecule has 1 saturated carbocycles. The molecule has 0 aromatic heterocycles. The maximum Gasteiger partial charge on any atom is 0.0158 e. The second-order valence-corrected chi connectivity index (χ2v) is 4.35. The van der Waals surface area contributed by atoms with Gasteiger partial charge in [0.2, 0.25) is 0 Å². The number of hydrogen-bond donors (Lipinski definition) is 1. The van der Waals surface area contributed by atoms with E-state index in [-0.39, 0.29) is 5.54 Å². The van der Waals surface area contributed by atoms with Crippen molar-refractivity contribution in [3.05, 3.63) is 35.4 Å². The molecular formula is C12H17N. The van der Waals surface area contributed by atoms with Crippen LogP contribution in [0.3, 0.4) is 0 Å². The Labute approximate surface area is 80.0 Å². The lowest BCUT2D eigenvalue weighted by molar-refractivity contribution is 0.609. The molecule has 1 nitrogen and oxygen atoms in total. The predicted octanol–water partition coefficient (Wildman–Crippen LogP) is 2.42. The van der Waals surface area contributed by atoms with Gasteiger partial charge < -0.3 is 5.73 Å². The van der Waals surface area contributed by atoms with Gasteiger partial charge in [-0.3, -0.25) is 0 Å². The molecule has 13 heavy (non-hydrogen) atoms. The number of rotatable bonds is 3. The second-order valence-electron chi connectivity index (χ2n) is 4.35. The molecule has 0 atom stereocenters. The lowest BCUT2D eigenvalue weighted by Crippen LogP contribution is -2.22. The van der Waals surface area contributed by atoms with Crippen LogP contribution in [0.1, 0.15) is 30.4 Å². The summed E-state index contributed by atoms with van der Waals surface area (Å²) in [5, 5.41) is 0. The van der Waals surface area contributed by atoms with Crippen LogP contribution in [0.4, 0.5) is 0 Å². The predicted molar refractivity (Wildman–Crippen MR) is 55.7 cm³/mol. The minimum Gasteiger partial charge on any atom is -0.325 e. The first-order valence-corrected chi connectivity index (χ1v) is 5.02. The van der Waals surface area contributed by atoms with Gasteiger partial charge in [-0.1, -0.05) is 29.8 Å². The molecule has 1 aliphatic rings. The standard InChI is InChI=1S/C12H17N/c1-10-3-2-4-11(9-10)5-6-12(13)7-8-12/h2-4,9H,5-8,13H2,1H3. The van der Waals surface area contributed by atoms with Crippen molar-refractivity contribution in [2.45, 2.75) is 38.1 Å². The van der Waals surface area contributed by atoms with Crippen LogP contribution in [-0.4, -0.2) is 5.54 Å². The van der Waals surface area contributed by atoms with E-state index < -0.39 is 0 Å². The Morgan fingerprint density at radius 2 is 2.15 bits per heavy atom. The summed E-state index contributed by atoms with van der Waals surface area (Å²) in [4.78, 5) is 0. The van der Waals surface area contributed by atoms with E-state index in [2.05, 4.69) is 31.2 Å². The van der Waals surface area contributed by atoms with Gasteiger partial charge in [-0.25, -0.2) is 0 Å². The van der Waals surface area contributed by atoms with E-state index in [0.717, 1.165) is 12.8 Å². The lowest BCUT2D eigenvalue weighted by Gasteiger charge is -2.08. The van der Waals surface area contributed by atoms with E-state index in [1.54, 1.807) is 0 Å². The Morgan fingerprint density at radius 1 is 1.38 bits per heavy atom. The zero-order valence-corrected chi connectivity index (χ0v) is 8.22. The van der Waals surface area contributed by atoms with Crippen LogP contribution in [-0.2, 0) is 6.42 Å². The average molecular weight is 175 g/mol. The summed E-state index contributed by atoms with van der Waals surface area (Å²) in [7, 11) is 0. The fourth-order valence-corrected chi connectivity index (χ4v) is 1.67. The summed E-state index contributed by atoms with van der Waals surface area (Å²) in [6, 6.07) is 8.71. The summed E-state index contributed by atoms with van der Waals surface area (Å²) >= 11 is 0. The van der Waals surface area contributed by atoms with Crippen LogP contribution in [0.5, 0.6) is 0 Å². The molecule has 2 N–H and O–H groups in total. The maximum absolute atomic E-state index is 6.03. The summed E-state index contributed by atoms with van der Waals surface area (Å²) in [6.07, 6.45) is 4.73. The van der Waals surface area contributed by atoms with Crippen LogP contribution in [0, 0.1) is 6.92 Å². The third kappa shape index (κ3) is 2.31. The molecule has 0 spiro atoms. The second kappa shape index (κ2) is 3.15. The molecule has 1 aromatic rings. The number of benzene rings is 1. The summed E-state index contributed by atoms with van der Waals surface area (Å²) in [5.74, 6) is 0. The first-order chi connectivity index (χ1) is 6.18. The fraction of sp³-hybridized carbons (Fsp3) is 0.500. The highest BCUT2D eigenvalue weighted by Gasteiger charge is 2.37.